The van der Waals surface area contributed by atoms with Crippen LogP contribution >= 0.6 is 0 Å². The van der Waals surface area contributed by atoms with Crippen LogP contribution in [0.25, 0.3) is 0 Å². The van der Waals surface area contributed by atoms with Gasteiger partial charge in [-0.2, -0.15) is 0 Å². The fourth-order valence-corrected chi connectivity index (χ4v) is 6.75. The molecule has 0 bridgehead atoms. The van der Waals surface area contributed by atoms with Crippen LogP contribution in [0.15, 0.2) is 30.3 Å². The number of benzene rings is 1. The zero-order chi connectivity index (χ0) is 36.8. The Labute approximate surface area is 291 Å². The quantitative estimate of drug-likeness (QED) is 0.146. The van der Waals surface area contributed by atoms with E-state index < -0.39 is 76.9 Å². The Morgan fingerprint density at radius 2 is 1.53 bits per heavy atom. The molecule has 2 fully saturated rings. The summed E-state index contributed by atoms with van der Waals surface area (Å²) in [6.45, 7) is 17.1. The molecule has 0 radical (unpaired) electrons. The summed E-state index contributed by atoms with van der Waals surface area (Å²) >= 11 is 0. The average molecular weight is 686 g/mol. The number of hydrogen-bond acceptors (Lipinski definition) is 7. The Bertz CT molecular complexity index is 1320. The molecular formula is C37H59N5O7. The minimum absolute atomic E-state index is 0.0297. The molecule has 0 aromatic heterocycles. The number of aliphatic hydroxyl groups excluding tert-OH is 1. The smallest absolute Gasteiger partial charge is 0.315 e. The van der Waals surface area contributed by atoms with Gasteiger partial charge in [-0.1, -0.05) is 105 Å². The van der Waals surface area contributed by atoms with Crippen LogP contribution < -0.4 is 21.7 Å². The van der Waals surface area contributed by atoms with Gasteiger partial charge >= 0.3 is 6.03 Å². The number of rotatable bonds is 14. The molecule has 1 aromatic rings. The second-order valence-electron chi connectivity index (χ2n) is 16.3. The molecule has 1 aliphatic heterocycles. The predicted octanol–water partition coefficient (Wildman–Crippen LogP) is 3.81. The highest BCUT2D eigenvalue weighted by atomic mass is 16.6. The molecule has 274 valence electrons. The van der Waals surface area contributed by atoms with E-state index in [9.17, 15) is 29.1 Å². The number of ether oxygens (including phenoxy) is 1. The summed E-state index contributed by atoms with van der Waals surface area (Å²) in [4.78, 5) is 68.1. The molecule has 3 rings (SSSR count). The van der Waals surface area contributed by atoms with Gasteiger partial charge in [0.15, 0.2) is 6.29 Å². The summed E-state index contributed by atoms with van der Waals surface area (Å²) in [7, 11) is 0. The molecule has 2 aliphatic rings. The largest absolute Gasteiger partial charge is 0.366 e. The van der Waals surface area contributed by atoms with Crippen LogP contribution in [0.4, 0.5) is 4.79 Å². The summed E-state index contributed by atoms with van der Waals surface area (Å²) in [6.07, 6.45) is 1.91. The van der Waals surface area contributed by atoms with E-state index in [0.717, 1.165) is 24.8 Å². The van der Waals surface area contributed by atoms with E-state index in [-0.39, 0.29) is 24.3 Å². The van der Waals surface area contributed by atoms with Crippen molar-refractivity contribution in [2.45, 2.75) is 131 Å². The normalized spacial score (nSPS) is 21.6. The molecule has 7 atom stereocenters. The number of hydrogen-bond donors (Lipinski definition) is 5. The first kappa shape index (κ1) is 39.9. The number of primary amides is 1. The van der Waals surface area contributed by atoms with Crippen molar-refractivity contribution in [1.82, 2.24) is 20.9 Å². The Balaban J connectivity index is 1.81. The zero-order valence-electron chi connectivity index (χ0n) is 30.7. The first-order valence-corrected chi connectivity index (χ1v) is 17.6. The van der Waals surface area contributed by atoms with Gasteiger partial charge in [-0.15, -0.1) is 0 Å². The van der Waals surface area contributed by atoms with Crippen molar-refractivity contribution in [3.8, 4) is 0 Å². The lowest BCUT2D eigenvalue weighted by molar-refractivity contribution is -0.163. The van der Waals surface area contributed by atoms with Crippen molar-refractivity contribution < 1.29 is 33.8 Å². The number of likely N-dealkylation sites (tertiary alicyclic amines) is 1. The summed E-state index contributed by atoms with van der Waals surface area (Å²) < 4.78 is 5.94. The van der Waals surface area contributed by atoms with Crippen molar-refractivity contribution in [3.05, 3.63) is 35.9 Å². The van der Waals surface area contributed by atoms with E-state index in [1.54, 1.807) is 0 Å². The number of carbonyl (C=O) groups excluding carboxylic acids is 5. The SMILES string of the molecule is CC(C)[C@H]1CCN(C(=O)[C@@H](NC(=O)N[C@H](C(O)O[C@H](C)c2ccccc2)C(C)(C)C)C(C)(C)C)[C@@H]1C(=O)NC(CC1CCC1)C(=O)C(N)=O. The molecule has 1 saturated heterocycles. The molecule has 1 saturated carbocycles. The molecule has 1 heterocycles. The highest BCUT2D eigenvalue weighted by Crippen LogP contribution is 2.35. The molecule has 6 N–H and O–H groups in total. The van der Waals surface area contributed by atoms with Crippen LogP contribution in [0.1, 0.15) is 106 Å². The number of urea groups is 1. The lowest BCUT2D eigenvalue weighted by Crippen LogP contribution is -2.62. The summed E-state index contributed by atoms with van der Waals surface area (Å²) in [5, 5.41) is 19.6. The van der Waals surface area contributed by atoms with Crippen LogP contribution in [-0.4, -0.2) is 76.5 Å². The number of ketones is 1. The summed E-state index contributed by atoms with van der Waals surface area (Å²) in [5.41, 5.74) is 4.81. The standard InChI is InChI=1S/C37H59N5O7/c1-21(2)25-18-19-42(27(25)32(45)39-26(28(43)31(38)44)20-23-14-13-15-23)33(46)29(36(4,5)6)40-35(48)41-30(37(7,8)9)34(47)49-22(3)24-16-11-10-12-17-24/h10-12,16-17,21-23,25-27,29-30,34,47H,13-15,18-20H2,1-9H3,(H2,38,44)(H,39,45)(H2,40,41,48)/t22-,25-,26?,27+,29-,30-,34?/m1/s1. The van der Waals surface area contributed by atoms with Crippen molar-refractivity contribution in [1.29, 1.82) is 0 Å². The third-order valence-corrected chi connectivity index (χ3v) is 10.0. The summed E-state index contributed by atoms with van der Waals surface area (Å²) in [5.74, 6) is -2.87. The van der Waals surface area contributed by atoms with Crippen LogP contribution in [-0.2, 0) is 23.9 Å². The van der Waals surface area contributed by atoms with Crippen molar-refractivity contribution in [3.63, 3.8) is 0 Å². The molecule has 1 aromatic carbocycles. The molecule has 1 aliphatic carbocycles. The third-order valence-electron chi connectivity index (χ3n) is 10.0. The van der Waals surface area contributed by atoms with Gasteiger partial charge in [-0.3, -0.25) is 19.2 Å². The second kappa shape index (κ2) is 16.5. The van der Waals surface area contributed by atoms with Crippen LogP contribution in [0.5, 0.6) is 0 Å². The number of nitrogens with zero attached hydrogens (tertiary/aromatic N) is 1. The number of nitrogens with two attached hydrogens (primary N) is 1. The highest BCUT2D eigenvalue weighted by Gasteiger charge is 2.48. The van der Waals surface area contributed by atoms with Gasteiger partial charge in [-0.05, 0) is 53.9 Å². The minimum atomic E-state index is -1.36. The van der Waals surface area contributed by atoms with Gasteiger partial charge in [0.25, 0.3) is 5.91 Å². The van der Waals surface area contributed by atoms with Gasteiger partial charge in [0.2, 0.25) is 17.6 Å². The van der Waals surface area contributed by atoms with Crippen molar-refractivity contribution in [2.24, 2.45) is 34.3 Å². The topological polar surface area (TPSA) is 180 Å². The molecule has 5 amide bonds. The van der Waals surface area contributed by atoms with E-state index in [4.69, 9.17) is 10.5 Å². The van der Waals surface area contributed by atoms with E-state index in [0.29, 0.717) is 12.8 Å². The van der Waals surface area contributed by atoms with Gasteiger partial charge in [0.1, 0.15) is 12.1 Å². The highest BCUT2D eigenvalue weighted by molar-refractivity contribution is 6.37. The first-order chi connectivity index (χ1) is 22.7. The average Bonchev–Trinajstić information content (AvgIpc) is 3.44. The number of Topliss-reactive ketones (excluding diaryl/α,β-unsaturated/α-hetero) is 1. The molecule has 49 heavy (non-hydrogen) atoms. The van der Waals surface area contributed by atoms with Gasteiger partial charge < -0.3 is 36.4 Å². The van der Waals surface area contributed by atoms with Crippen LogP contribution in [0.3, 0.4) is 0 Å². The monoisotopic (exact) mass is 685 g/mol. The van der Waals surface area contributed by atoms with E-state index >= 15 is 0 Å². The number of carbonyl (C=O) groups is 5. The lowest BCUT2D eigenvalue weighted by Gasteiger charge is -2.39. The van der Waals surface area contributed by atoms with E-state index in [2.05, 4.69) is 16.0 Å². The first-order valence-electron chi connectivity index (χ1n) is 17.6. The minimum Gasteiger partial charge on any atom is -0.366 e. The molecule has 12 heteroatoms. The lowest BCUT2D eigenvalue weighted by atomic mass is 9.80. The number of amides is 5. The van der Waals surface area contributed by atoms with E-state index in [1.165, 1.54) is 4.90 Å². The fraction of sp³-hybridized carbons (Fsp3) is 0.703. The molecule has 2 unspecified atom stereocenters. The Hall–Kier alpha value is -3.51. The van der Waals surface area contributed by atoms with Crippen LogP contribution in [0.2, 0.25) is 0 Å². The second-order valence-corrected chi connectivity index (χ2v) is 16.3. The summed E-state index contributed by atoms with van der Waals surface area (Å²) in [6, 6.07) is 4.90. The van der Waals surface area contributed by atoms with Gasteiger partial charge in [-0.25, -0.2) is 4.79 Å². The predicted molar refractivity (Wildman–Crippen MR) is 187 cm³/mol. The van der Waals surface area contributed by atoms with Gasteiger partial charge in [0.05, 0.1) is 18.2 Å². The van der Waals surface area contributed by atoms with Crippen LogP contribution in [0, 0.1) is 28.6 Å². The maximum absolute atomic E-state index is 14.4. The maximum atomic E-state index is 14.4. The maximum Gasteiger partial charge on any atom is 0.315 e. The van der Waals surface area contributed by atoms with Gasteiger partial charge in [0, 0.05) is 6.54 Å². The Morgan fingerprint density at radius 1 is 0.918 bits per heavy atom. The Morgan fingerprint density at radius 3 is 2.02 bits per heavy atom. The number of aliphatic hydroxyl groups is 1. The Kier molecular flexibility index (Phi) is 13.4. The molecule has 12 nitrogen and oxygen atoms in total. The number of nitrogens with one attached hydrogen (secondary N) is 3. The van der Waals surface area contributed by atoms with Crippen molar-refractivity contribution >= 4 is 29.5 Å². The molecule has 0 spiro atoms. The van der Waals surface area contributed by atoms with E-state index in [1.807, 2.05) is 92.6 Å². The molecular weight excluding hydrogens is 626 g/mol. The van der Waals surface area contributed by atoms with Crippen molar-refractivity contribution in [2.75, 3.05) is 6.54 Å². The fourth-order valence-electron chi connectivity index (χ4n) is 6.75. The zero-order valence-corrected chi connectivity index (χ0v) is 30.7. The third kappa shape index (κ3) is 10.5.